The molecular formula is C10H15N3S. The third-order valence-electron chi connectivity index (χ3n) is 2.34. The molecule has 2 heterocycles. The molecule has 1 aliphatic heterocycles. The van der Waals surface area contributed by atoms with Gasteiger partial charge in [-0.2, -0.15) is 0 Å². The Labute approximate surface area is 88.7 Å². The van der Waals surface area contributed by atoms with Crippen molar-refractivity contribution in [3.63, 3.8) is 0 Å². The first-order valence-electron chi connectivity index (χ1n) is 4.93. The average Bonchev–Trinajstić information content (AvgIpc) is 2.18. The molecule has 0 bridgehead atoms. The van der Waals surface area contributed by atoms with E-state index in [0.717, 1.165) is 11.5 Å². The van der Waals surface area contributed by atoms with Crippen LogP contribution in [0.5, 0.6) is 0 Å². The van der Waals surface area contributed by atoms with E-state index in [-0.39, 0.29) is 0 Å². The summed E-state index contributed by atoms with van der Waals surface area (Å²) in [5.41, 5.74) is 1.11. The Morgan fingerprint density at radius 3 is 3.14 bits per heavy atom. The van der Waals surface area contributed by atoms with E-state index in [0.29, 0.717) is 11.4 Å². The summed E-state index contributed by atoms with van der Waals surface area (Å²) in [5, 5.41) is 3.88. The van der Waals surface area contributed by atoms with Crippen molar-refractivity contribution < 1.29 is 0 Å². The van der Waals surface area contributed by atoms with E-state index in [9.17, 15) is 0 Å². The lowest BCUT2D eigenvalue weighted by molar-refractivity contribution is 0.505. The lowest BCUT2D eigenvalue weighted by Crippen LogP contribution is -2.34. The molecule has 1 aromatic rings. The molecule has 0 radical (unpaired) electrons. The predicted molar refractivity (Wildman–Crippen MR) is 59.2 cm³/mol. The minimum absolute atomic E-state index is 0.348. The van der Waals surface area contributed by atoms with Gasteiger partial charge in [0.1, 0.15) is 5.82 Å². The number of thioether (sulfide) groups is 1. The number of aryl methyl sites for hydroxylation is 1. The molecule has 0 aromatic carbocycles. The second kappa shape index (κ2) is 4.28. The highest BCUT2D eigenvalue weighted by molar-refractivity contribution is 7.99. The Morgan fingerprint density at radius 1 is 1.57 bits per heavy atom. The third-order valence-corrected chi connectivity index (χ3v) is 3.52. The van der Waals surface area contributed by atoms with Crippen LogP contribution < -0.4 is 5.32 Å². The van der Waals surface area contributed by atoms with Crippen molar-refractivity contribution in [3.8, 4) is 0 Å². The largest absolute Gasteiger partial charge is 0.298 e. The van der Waals surface area contributed by atoms with Gasteiger partial charge in [-0.1, -0.05) is 0 Å². The summed E-state index contributed by atoms with van der Waals surface area (Å²) in [7, 11) is 0. The predicted octanol–water partition coefficient (Wildman–Crippen LogP) is 1.90. The first kappa shape index (κ1) is 9.93. The van der Waals surface area contributed by atoms with Crippen LogP contribution in [0.1, 0.15) is 30.2 Å². The molecule has 2 unspecified atom stereocenters. The summed E-state index contributed by atoms with van der Waals surface area (Å²) in [5.74, 6) is 2.06. The highest BCUT2D eigenvalue weighted by Gasteiger charge is 2.20. The third kappa shape index (κ3) is 2.25. The average molecular weight is 209 g/mol. The fraction of sp³-hybridized carbons (Fsp3) is 0.600. The van der Waals surface area contributed by atoms with Gasteiger partial charge in [0, 0.05) is 12.2 Å². The number of hydrogen-bond donors (Lipinski definition) is 1. The zero-order chi connectivity index (χ0) is 9.97. The van der Waals surface area contributed by atoms with Crippen molar-refractivity contribution in [2.45, 2.75) is 31.7 Å². The van der Waals surface area contributed by atoms with Gasteiger partial charge in [0.2, 0.25) is 0 Å². The van der Waals surface area contributed by atoms with Crippen molar-refractivity contribution >= 4 is 11.8 Å². The Hall–Kier alpha value is -0.610. The lowest BCUT2D eigenvalue weighted by atomic mass is 10.2. The minimum Gasteiger partial charge on any atom is -0.298 e. The molecule has 1 N–H and O–H groups in total. The van der Waals surface area contributed by atoms with E-state index in [4.69, 9.17) is 0 Å². The van der Waals surface area contributed by atoms with Crippen LogP contribution in [0.3, 0.4) is 0 Å². The Morgan fingerprint density at radius 2 is 2.43 bits per heavy atom. The lowest BCUT2D eigenvalue weighted by Gasteiger charge is -2.27. The molecule has 1 fully saturated rings. The molecule has 1 aromatic heterocycles. The summed E-state index contributed by atoms with van der Waals surface area (Å²) in [4.78, 5) is 8.54. The highest BCUT2D eigenvalue weighted by Crippen LogP contribution is 2.29. The van der Waals surface area contributed by atoms with Gasteiger partial charge < -0.3 is 0 Å². The smallest absolute Gasteiger partial charge is 0.125 e. The van der Waals surface area contributed by atoms with E-state index in [2.05, 4.69) is 22.2 Å². The molecule has 3 nitrogen and oxygen atoms in total. The minimum atomic E-state index is 0.348. The Bertz CT molecular complexity index is 316. The van der Waals surface area contributed by atoms with Gasteiger partial charge in [-0.3, -0.25) is 5.32 Å². The Balaban J connectivity index is 2.14. The van der Waals surface area contributed by atoms with Crippen LogP contribution in [0.4, 0.5) is 0 Å². The van der Waals surface area contributed by atoms with E-state index in [1.165, 1.54) is 12.2 Å². The summed E-state index contributed by atoms with van der Waals surface area (Å²) < 4.78 is 0. The molecule has 0 amide bonds. The number of rotatable bonds is 1. The van der Waals surface area contributed by atoms with Crippen LogP contribution in [0, 0.1) is 6.92 Å². The molecule has 2 atom stereocenters. The first-order valence-corrected chi connectivity index (χ1v) is 5.98. The summed E-state index contributed by atoms with van der Waals surface area (Å²) in [6.45, 7) is 4.15. The van der Waals surface area contributed by atoms with Crippen LogP contribution in [-0.2, 0) is 0 Å². The van der Waals surface area contributed by atoms with Gasteiger partial charge in [0.05, 0.1) is 11.1 Å². The van der Waals surface area contributed by atoms with Crippen molar-refractivity contribution in [2.75, 3.05) is 5.75 Å². The number of hydrogen-bond acceptors (Lipinski definition) is 4. The number of nitrogens with one attached hydrogen (secondary N) is 1. The molecule has 1 aliphatic rings. The number of aromatic nitrogens is 2. The molecule has 0 spiro atoms. The molecule has 1 saturated heterocycles. The van der Waals surface area contributed by atoms with E-state index >= 15 is 0 Å². The maximum atomic E-state index is 4.44. The maximum Gasteiger partial charge on any atom is 0.125 e. The molecule has 0 aliphatic carbocycles. The van der Waals surface area contributed by atoms with Crippen LogP contribution in [0.25, 0.3) is 0 Å². The summed E-state index contributed by atoms with van der Waals surface area (Å²) >= 11 is 1.93. The van der Waals surface area contributed by atoms with E-state index in [1.807, 2.05) is 30.9 Å². The van der Waals surface area contributed by atoms with Crippen molar-refractivity contribution in [1.82, 2.24) is 15.3 Å². The van der Waals surface area contributed by atoms with Gasteiger partial charge in [0.15, 0.2) is 0 Å². The standard InChI is InChI=1S/C10H15N3S/c1-7-4-6-14-10(12-7)9-3-5-11-8(2)13-9/h3,5,7,10,12H,4,6H2,1-2H3. The second-order valence-electron chi connectivity index (χ2n) is 3.64. The van der Waals surface area contributed by atoms with Crippen molar-refractivity contribution in [1.29, 1.82) is 0 Å². The maximum absolute atomic E-state index is 4.44. The van der Waals surface area contributed by atoms with Crippen LogP contribution in [-0.4, -0.2) is 21.8 Å². The van der Waals surface area contributed by atoms with E-state index < -0.39 is 0 Å². The molecule has 4 heteroatoms. The second-order valence-corrected chi connectivity index (χ2v) is 4.85. The normalized spacial score (nSPS) is 27.6. The SMILES string of the molecule is Cc1nccc(C2NC(C)CCS2)n1. The quantitative estimate of drug-likeness (QED) is 0.766. The Kier molecular flexibility index (Phi) is 3.03. The summed E-state index contributed by atoms with van der Waals surface area (Å²) in [6.07, 6.45) is 3.07. The van der Waals surface area contributed by atoms with E-state index in [1.54, 1.807) is 0 Å². The van der Waals surface area contributed by atoms with Crippen LogP contribution >= 0.6 is 11.8 Å². The van der Waals surface area contributed by atoms with Crippen molar-refractivity contribution in [2.24, 2.45) is 0 Å². The fourth-order valence-corrected chi connectivity index (χ4v) is 2.90. The molecule has 2 rings (SSSR count). The highest BCUT2D eigenvalue weighted by atomic mass is 32.2. The van der Waals surface area contributed by atoms with Gasteiger partial charge in [0.25, 0.3) is 0 Å². The summed E-state index contributed by atoms with van der Waals surface area (Å²) in [6, 6.07) is 2.59. The van der Waals surface area contributed by atoms with Crippen molar-refractivity contribution in [3.05, 3.63) is 23.8 Å². The zero-order valence-electron chi connectivity index (χ0n) is 8.53. The van der Waals surface area contributed by atoms with Crippen LogP contribution in [0.15, 0.2) is 12.3 Å². The first-order chi connectivity index (χ1) is 6.75. The molecule has 76 valence electrons. The van der Waals surface area contributed by atoms with Gasteiger partial charge in [-0.25, -0.2) is 9.97 Å². The number of nitrogens with zero attached hydrogens (tertiary/aromatic N) is 2. The fourth-order valence-electron chi connectivity index (χ4n) is 1.54. The zero-order valence-corrected chi connectivity index (χ0v) is 9.34. The molecule has 0 saturated carbocycles. The van der Waals surface area contributed by atoms with Gasteiger partial charge in [-0.15, -0.1) is 11.8 Å². The van der Waals surface area contributed by atoms with Crippen LogP contribution in [0.2, 0.25) is 0 Å². The monoisotopic (exact) mass is 209 g/mol. The molecular weight excluding hydrogens is 194 g/mol. The van der Waals surface area contributed by atoms with Gasteiger partial charge in [-0.05, 0) is 32.1 Å². The molecule has 14 heavy (non-hydrogen) atoms. The van der Waals surface area contributed by atoms with Gasteiger partial charge >= 0.3 is 0 Å². The topological polar surface area (TPSA) is 37.8 Å².